The van der Waals surface area contributed by atoms with Crippen molar-refractivity contribution in [2.24, 2.45) is 7.05 Å². The smallest absolute Gasteiger partial charge is 0.144 e. The van der Waals surface area contributed by atoms with E-state index in [4.69, 9.17) is 4.74 Å². The molecule has 0 atom stereocenters. The molecule has 2 aromatic heterocycles. The molecule has 4 nitrogen and oxygen atoms in total. The van der Waals surface area contributed by atoms with Crippen LogP contribution in [0.1, 0.15) is 25.0 Å². The van der Waals surface area contributed by atoms with Crippen molar-refractivity contribution < 1.29 is 4.74 Å². The minimum absolute atomic E-state index is 0.588. The highest BCUT2D eigenvalue weighted by molar-refractivity contribution is 6.10. The number of rotatable bonds is 3. The Morgan fingerprint density at radius 1 is 1.27 bits per heavy atom. The molecule has 0 aliphatic heterocycles. The first-order valence-electron chi connectivity index (χ1n) is 7.87. The number of anilines is 1. The Kier molecular flexibility index (Phi) is 2.99. The van der Waals surface area contributed by atoms with Gasteiger partial charge >= 0.3 is 0 Å². The Labute approximate surface area is 130 Å². The standard InChI is InChI=1S/C18H21N3O/c1-11-18-13(7-8-19-11)14-9-15(20-12-5-4-6-12)17(22-3)10-16(14)21(18)2/h7-10,12,20H,4-6H2,1-3H3. The molecule has 1 saturated carbocycles. The van der Waals surface area contributed by atoms with Gasteiger partial charge < -0.3 is 14.6 Å². The van der Waals surface area contributed by atoms with Gasteiger partial charge in [-0.05, 0) is 38.3 Å². The molecule has 3 aromatic rings. The van der Waals surface area contributed by atoms with E-state index >= 15 is 0 Å². The Balaban J connectivity index is 1.97. The Morgan fingerprint density at radius 2 is 2.09 bits per heavy atom. The quantitative estimate of drug-likeness (QED) is 0.793. The SMILES string of the molecule is COc1cc2c(cc1NC1CCC1)c1ccnc(C)c1n2C. The Bertz CT molecular complexity index is 862. The third kappa shape index (κ3) is 1.86. The van der Waals surface area contributed by atoms with Gasteiger partial charge in [-0.2, -0.15) is 0 Å². The largest absolute Gasteiger partial charge is 0.495 e. The fourth-order valence-electron chi connectivity index (χ4n) is 3.44. The molecule has 0 spiro atoms. The summed E-state index contributed by atoms with van der Waals surface area (Å²) < 4.78 is 7.82. The highest BCUT2D eigenvalue weighted by Gasteiger charge is 2.20. The number of ether oxygens (including phenoxy) is 1. The molecule has 22 heavy (non-hydrogen) atoms. The van der Waals surface area contributed by atoms with E-state index in [1.807, 2.05) is 6.20 Å². The third-order valence-electron chi connectivity index (χ3n) is 4.88. The van der Waals surface area contributed by atoms with Gasteiger partial charge in [0.2, 0.25) is 0 Å². The number of hydrogen-bond donors (Lipinski definition) is 1. The van der Waals surface area contributed by atoms with Crippen molar-refractivity contribution in [2.75, 3.05) is 12.4 Å². The highest BCUT2D eigenvalue weighted by atomic mass is 16.5. The van der Waals surface area contributed by atoms with Gasteiger partial charge in [0, 0.05) is 36.1 Å². The van der Waals surface area contributed by atoms with Crippen LogP contribution in [0.15, 0.2) is 24.4 Å². The van der Waals surface area contributed by atoms with Gasteiger partial charge in [0.1, 0.15) is 5.75 Å². The maximum Gasteiger partial charge on any atom is 0.144 e. The van der Waals surface area contributed by atoms with E-state index in [0.29, 0.717) is 6.04 Å². The molecule has 2 heterocycles. The van der Waals surface area contributed by atoms with Crippen molar-refractivity contribution >= 4 is 27.5 Å². The number of fused-ring (bicyclic) bond motifs is 3. The summed E-state index contributed by atoms with van der Waals surface area (Å²) in [5, 5.41) is 6.14. The van der Waals surface area contributed by atoms with Crippen LogP contribution >= 0.6 is 0 Å². The summed E-state index contributed by atoms with van der Waals surface area (Å²) in [5.74, 6) is 0.913. The maximum absolute atomic E-state index is 5.61. The Morgan fingerprint density at radius 3 is 2.77 bits per heavy atom. The predicted molar refractivity (Wildman–Crippen MR) is 90.8 cm³/mol. The number of aryl methyl sites for hydroxylation is 2. The van der Waals surface area contributed by atoms with Crippen molar-refractivity contribution in [2.45, 2.75) is 32.2 Å². The zero-order chi connectivity index (χ0) is 15.3. The van der Waals surface area contributed by atoms with E-state index in [-0.39, 0.29) is 0 Å². The van der Waals surface area contributed by atoms with Gasteiger partial charge in [0.05, 0.1) is 29.5 Å². The molecule has 4 rings (SSSR count). The molecule has 1 fully saturated rings. The molecule has 0 saturated heterocycles. The molecule has 4 heteroatoms. The van der Waals surface area contributed by atoms with Crippen LogP contribution in [0, 0.1) is 6.92 Å². The molecule has 114 valence electrons. The molecular weight excluding hydrogens is 274 g/mol. The van der Waals surface area contributed by atoms with Gasteiger partial charge in [-0.25, -0.2) is 0 Å². The topological polar surface area (TPSA) is 39.1 Å². The summed E-state index contributed by atoms with van der Waals surface area (Å²) in [6, 6.07) is 7.05. The number of nitrogens with zero attached hydrogens (tertiary/aromatic N) is 2. The van der Waals surface area contributed by atoms with Crippen molar-refractivity contribution in [3.8, 4) is 5.75 Å². The lowest BCUT2D eigenvalue weighted by atomic mass is 9.93. The van der Waals surface area contributed by atoms with Crippen molar-refractivity contribution in [3.05, 3.63) is 30.1 Å². The third-order valence-corrected chi connectivity index (χ3v) is 4.88. The first kappa shape index (κ1) is 13.4. The first-order valence-corrected chi connectivity index (χ1v) is 7.87. The summed E-state index contributed by atoms with van der Waals surface area (Å²) in [4.78, 5) is 4.43. The number of methoxy groups -OCH3 is 1. The average Bonchev–Trinajstić information content (AvgIpc) is 2.76. The van der Waals surface area contributed by atoms with Crippen LogP contribution < -0.4 is 10.1 Å². The van der Waals surface area contributed by atoms with E-state index in [9.17, 15) is 0 Å². The minimum Gasteiger partial charge on any atom is -0.495 e. The van der Waals surface area contributed by atoms with Crippen LogP contribution in [0.4, 0.5) is 5.69 Å². The van der Waals surface area contributed by atoms with Crippen LogP contribution in [0.2, 0.25) is 0 Å². The molecule has 1 aliphatic rings. The second kappa shape index (κ2) is 4.90. The molecule has 0 unspecified atom stereocenters. The van der Waals surface area contributed by atoms with Crippen LogP contribution in [0.25, 0.3) is 21.8 Å². The van der Waals surface area contributed by atoms with E-state index in [1.54, 1.807) is 7.11 Å². The van der Waals surface area contributed by atoms with Crippen LogP contribution in [-0.4, -0.2) is 22.7 Å². The molecule has 0 radical (unpaired) electrons. The molecule has 1 N–H and O–H groups in total. The van der Waals surface area contributed by atoms with E-state index in [0.717, 1.165) is 17.1 Å². The lowest BCUT2D eigenvalue weighted by molar-refractivity contribution is 0.410. The van der Waals surface area contributed by atoms with Crippen molar-refractivity contribution in [1.29, 1.82) is 0 Å². The highest BCUT2D eigenvalue weighted by Crippen LogP contribution is 2.38. The lowest BCUT2D eigenvalue weighted by Gasteiger charge is -2.28. The molecule has 0 amide bonds. The monoisotopic (exact) mass is 295 g/mol. The second-order valence-corrected chi connectivity index (χ2v) is 6.19. The van der Waals surface area contributed by atoms with Crippen LogP contribution in [-0.2, 0) is 7.05 Å². The van der Waals surface area contributed by atoms with Gasteiger partial charge in [0.25, 0.3) is 0 Å². The second-order valence-electron chi connectivity index (χ2n) is 6.19. The van der Waals surface area contributed by atoms with Crippen molar-refractivity contribution in [3.63, 3.8) is 0 Å². The van der Waals surface area contributed by atoms with E-state index in [2.05, 4.69) is 47.0 Å². The van der Waals surface area contributed by atoms with Crippen LogP contribution in [0.3, 0.4) is 0 Å². The normalized spacial score (nSPS) is 15.2. The Hall–Kier alpha value is -2.23. The lowest BCUT2D eigenvalue weighted by Crippen LogP contribution is -2.27. The van der Waals surface area contributed by atoms with Gasteiger partial charge in [-0.3, -0.25) is 4.98 Å². The molecule has 0 bridgehead atoms. The summed E-state index contributed by atoms with van der Waals surface area (Å²) >= 11 is 0. The fourth-order valence-corrected chi connectivity index (χ4v) is 3.44. The number of hydrogen-bond acceptors (Lipinski definition) is 3. The minimum atomic E-state index is 0.588. The van der Waals surface area contributed by atoms with E-state index in [1.165, 1.54) is 41.1 Å². The maximum atomic E-state index is 5.61. The number of benzene rings is 1. The molecular formula is C18H21N3O. The summed E-state index contributed by atoms with van der Waals surface area (Å²) in [6.07, 6.45) is 5.71. The summed E-state index contributed by atoms with van der Waals surface area (Å²) in [5.41, 5.74) is 4.53. The van der Waals surface area contributed by atoms with Gasteiger partial charge in [-0.15, -0.1) is 0 Å². The van der Waals surface area contributed by atoms with Crippen molar-refractivity contribution in [1.82, 2.24) is 9.55 Å². The summed E-state index contributed by atoms with van der Waals surface area (Å²) in [6.45, 7) is 2.06. The van der Waals surface area contributed by atoms with Crippen LogP contribution in [0.5, 0.6) is 5.75 Å². The summed E-state index contributed by atoms with van der Waals surface area (Å²) in [7, 11) is 3.83. The molecule has 1 aliphatic carbocycles. The zero-order valence-electron chi connectivity index (χ0n) is 13.3. The number of aromatic nitrogens is 2. The predicted octanol–water partition coefficient (Wildman–Crippen LogP) is 4.01. The fraction of sp³-hybridized carbons (Fsp3) is 0.389. The first-order chi connectivity index (χ1) is 10.7. The zero-order valence-corrected chi connectivity index (χ0v) is 13.3. The van der Waals surface area contributed by atoms with E-state index < -0.39 is 0 Å². The number of nitrogens with one attached hydrogen (secondary N) is 1. The molecule has 1 aromatic carbocycles. The number of pyridine rings is 1. The van der Waals surface area contributed by atoms with Gasteiger partial charge in [-0.1, -0.05) is 0 Å². The van der Waals surface area contributed by atoms with Gasteiger partial charge in [0.15, 0.2) is 0 Å². The average molecular weight is 295 g/mol.